The lowest BCUT2D eigenvalue weighted by Gasteiger charge is -2.31. The van der Waals surface area contributed by atoms with Gasteiger partial charge in [0.05, 0.1) is 18.7 Å². The Labute approximate surface area is 180 Å². The van der Waals surface area contributed by atoms with Crippen molar-refractivity contribution in [3.05, 3.63) is 51.8 Å². The van der Waals surface area contributed by atoms with E-state index >= 15 is 0 Å². The Morgan fingerprint density at radius 1 is 1.28 bits per heavy atom. The number of amides is 1. The Kier molecular flexibility index (Phi) is 6.85. The number of aromatic nitrogens is 2. The molecule has 1 saturated carbocycles. The van der Waals surface area contributed by atoms with Gasteiger partial charge >= 0.3 is 5.97 Å². The Hall–Kier alpha value is -2.05. The average molecular weight is 438 g/mol. The minimum atomic E-state index is -0.910. The van der Waals surface area contributed by atoms with Gasteiger partial charge < -0.3 is 9.64 Å². The van der Waals surface area contributed by atoms with Gasteiger partial charge in [-0.1, -0.05) is 29.3 Å². The van der Waals surface area contributed by atoms with Crippen LogP contribution in [0.25, 0.3) is 0 Å². The largest absolute Gasteiger partial charge is 0.464 e. The number of hydrogen-bond acceptors (Lipinski definition) is 4. The van der Waals surface area contributed by atoms with Crippen molar-refractivity contribution in [2.45, 2.75) is 58.2 Å². The number of carbonyl (C=O) groups excluding carboxylic acids is 2. The lowest BCUT2D eigenvalue weighted by atomic mass is 10.0. The number of halogens is 2. The lowest BCUT2D eigenvalue weighted by Crippen LogP contribution is -2.42. The molecule has 156 valence electrons. The molecular formula is C21H25Cl2N3O3. The van der Waals surface area contributed by atoms with Gasteiger partial charge in [-0.15, -0.1) is 0 Å². The molecule has 0 aliphatic heterocycles. The van der Waals surface area contributed by atoms with Crippen LogP contribution in [0, 0.1) is 0 Å². The molecule has 0 radical (unpaired) electrons. The van der Waals surface area contributed by atoms with Crippen LogP contribution in [0.3, 0.4) is 0 Å². The maximum Gasteiger partial charge on any atom is 0.333 e. The van der Waals surface area contributed by atoms with E-state index in [1.165, 1.54) is 0 Å². The summed E-state index contributed by atoms with van der Waals surface area (Å²) >= 11 is 12.4. The first-order valence-corrected chi connectivity index (χ1v) is 10.5. The molecule has 29 heavy (non-hydrogen) atoms. The predicted molar refractivity (Wildman–Crippen MR) is 112 cm³/mol. The van der Waals surface area contributed by atoms with Gasteiger partial charge in [0.25, 0.3) is 0 Å². The first kappa shape index (κ1) is 21.7. The second-order valence-corrected chi connectivity index (χ2v) is 8.25. The zero-order valence-corrected chi connectivity index (χ0v) is 18.3. The maximum atomic E-state index is 13.3. The number of carbonyl (C=O) groups is 2. The van der Waals surface area contributed by atoms with Gasteiger partial charge in [-0.2, -0.15) is 5.10 Å². The second kappa shape index (κ2) is 9.18. The van der Waals surface area contributed by atoms with Crippen LogP contribution in [-0.2, 0) is 20.7 Å². The number of hydrogen-bond donors (Lipinski definition) is 0. The van der Waals surface area contributed by atoms with Crippen molar-refractivity contribution in [1.82, 2.24) is 14.7 Å². The molecule has 1 amide bonds. The summed E-state index contributed by atoms with van der Waals surface area (Å²) < 4.78 is 7.10. The third-order valence-corrected chi connectivity index (χ3v) is 5.36. The highest BCUT2D eigenvalue weighted by atomic mass is 35.5. The quantitative estimate of drug-likeness (QED) is 0.565. The first-order valence-electron chi connectivity index (χ1n) is 9.78. The van der Waals surface area contributed by atoms with Crippen molar-refractivity contribution in [1.29, 1.82) is 0 Å². The van der Waals surface area contributed by atoms with Crippen molar-refractivity contribution in [3.63, 3.8) is 0 Å². The zero-order valence-electron chi connectivity index (χ0n) is 16.8. The summed E-state index contributed by atoms with van der Waals surface area (Å²) in [5.41, 5.74) is 1.18. The van der Waals surface area contributed by atoms with E-state index in [1.54, 1.807) is 30.0 Å². The van der Waals surface area contributed by atoms with E-state index in [0.29, 0.717) is 21.3 Å². The van der Waals surface area contributed by atoms with Crippen LogP contribution < -0.4 is 0 Å². The third kappa shape index (κ3) is 5.11. The first-order chi connectivity index (χ1) is 13.8. The molecule has 0 unspecified atom stereocenters. The number of esters is 1. The standard InChI is InChI=1S/C21H25Cl2N3O3/c1-4-29-21(28)20(17-8-5-14(22)11-18(17)23)26(16-6-7-16)19(27)12-15-9-10-25(24-15)13(2)3/h5,8-11,13,16,20H,4,6-7,12H2,1-3H3/t20-/m1/s1. The molecule has 1 aromatic carbocycles. The third-order valence-electron chi connectivity index (χ3n) is 4.80. The van der Waals surface area contributed by atoms with Crippen LogP contribution in [0.5, 0.6) is 0 Å². The van der Waals surface area contributed by atoms with Crippen LogP contribution in [0.1, 0.15) is 57.0 Å². The highest BCUT2D eigenvalue weighted by Crippen LogP contribution is 2.38. The fourth-order valence-corrected chi connectivity index (χ4v) is 3.76. The summed E-state index contributed by atoms with van der Waals surface area (Å²) in [5.74, 6) is -0.671. The summed E-state index contributed by atoms with van der Waals surface area (Å²) in [5, 5.41) is 5.26. The maximum absolute atomic E-state index is 13.3. The summed E-state index contributed by atoms with van der Waals surface area (Å²) in [6.45, 7) is 6.00. The number of rotatable bonds is 8. The highest BCUT2D eigenvalue weighted by Gasteiger charge is 2.42. The smallest absolute Gasteiger partial charge is 0.333 e. The minimum Gasteiger partial charge on any atom is -0.464 e. The van der Waals surface area contributed by atoms with E-state index in [0.717, 1.165) is 12.8 Å². The van der Waals surface area contributed by atoms with Crippen molar-refractivity contribution in [3.8, 4) is 0 Å². The van der Waals surface area contributed by atoms with E-state index < -0.39 is 12.0 Å². The molecule has 1 fully saturated rings. The summed E-state index contributed by atoms with van der Waals surface area (Å²) in [6, 6.07) is 6.03. The van der Waals surface area contributed by atoms with Crippen LogP contribution >= 0.6 is 23.2 Å². The molecule has 1 aromatic heterocycles. The fraction of sp³-hybridized carbons (Fsp3) is 0.476. The van der Waals surface area contributed by atoms with Gasteiger partial charge in [-0.25, -0.2) is 4.79 Å². The van der Waals surface area contributed by atoms with Crippen molar-refractivity contribution in [2.75, 3.05) is 6.61 Å². The SMILES string of the molecule is CCOC(=O)[C@@H](c1ccc(Cl)cc1Cl)N(C(=O)Cc1ccn(C(C)C)n1)C1CC1. The molecule has 0 N–H and O–H groups in total. The normalized spacial score (nSPS) is 14.7. The molecule has 1 aliphatic rings. The average Bonchev–Trinajstić information content (AvgIpc) is 3.37. The molecule has 1 aliphatic carbocycles. The summed E-state index contributed by atoms with van der Waals surface area (Å²) in [7, 11) is 0. The van der Waals surface area contributed by atoms with Crippen LogP contribution in [0.4, 0.5) is 0 Å². The Morgan fingerprint density at radius 3 is 2.55 bits per heavy atom. The van der Waals surface area contributed by atoms with Crippen molar-refractivity contribution < 1.29 is 14.3 Å². The van der Waals surface area contributed by atoms with Crippen molar-refractivity contribution >= 4 is 35.1 Å². The van der Waals surface area contributed by atoms with Gasteiger partial charge in [0.15, 0.2) is 6.04 Å². The number of ether oxygens (including phenoxy) is 1. The van der Waals surface area contributed by atoms with Gasteiger partial charge in [0.1, 0.15) is 0 Å². The van der Waals surface area contributed by atoms with Crippen LogP contribution in [0.15, 0.2) is 30.5 Å². The number of benzene rings is 1. The van der Waals surface area contributed by atoms with E-state index in [9.17, 15) is 9.59 Å². The van der Waals surface area contributed by atoms with E-state index in [1.807, 2.05) is 30.8 Å². The summed E-state index contributed by atoms with van der Waals surface area (Å²) in [4.78, 5) is 27.8. The lowest BCUT2D eigenvalue weighted by molar-refractivity contribution is -0.155. The fourth-order valence-electron chi connectivity index (χ4n) is 3.25. The van der Waals surface area contributed by atoms with E-state index in [-0.39, 0.29) is 31.0 Å². The minimum absolute atomic E-state index is 0.0177. The molecule has 3 rings (SSSR count). The van der Waals surface area contributed by atoms with E-state index in [4.69, 9.17) is 27.9 Å². The molecule has 1 atom stereocenters. The second-order valence-electron chi connectivity index (χ2n) is 7.41. The Bertz CT molecular complexity index is 893. The van der Waals surface area contributed by atoms with Crippen LogP contribution in [0.2, 0.25) is 10.0 Å². The number of nitrogens with zero attached hydrogens (tertiary/aromatic N) is 3. The molecule has 6 nitrogen and oxygen atoms in total. The van der Waals surface area contributed by atoms with Crippen molar-refractivity contribution in [2.24, 2.45) is 0 Å². The molecular weight excluding hydrogens is 413 g/mol. The monoisotopic (exact) mass is 437 g/mol. The molecule has 8 heteroatoms. The summed E-state index contributed by atoms with van der Waals surface area (Å²) in [6.07, 6.45) is 3.64. The van der Waals surface area contributed by atoms with Crippen LogP contribution in [-0.4, -0.2) is 39.2 Å². The Balaban J connectivity index is 1.93. The Morgan fingerprint density at radius 2 is 2.00 bits per heavy atom. The molecule has 0 saturated heterocycles. The molecule has 0 bridgehead atoms. The molecule has 2 aromatic rings. The van der Waals surface area contributed by atoms with Gasteiger partial charge in [-0.3, -0.25) is 9.48 Å². The van der Waals surface area contributed by atoms with Gasteiger partial charge in [0.2, 0.25) is 5.91 Å². The topological polar surface area (TPSA) is 64.4 Å². The molecule has 1 heterocycles. The van der Waals surface area contributed by atoms with E-state index in [2.05, 4.69) is 5.10 Å². The molecule has 0 spiro atoms. The van der Waals surface area contributed by atoms with Gasteiger partial charge in [-0.05, 0) is 51.8 Å². The zero-order chi connectivity index (χ0) is 21.1. The predicted octanol–water partition coefficient (Wildman–Crippen LogP) is 4.61. The van der Waals surface area contributed by atoms with Gasteiger partial charge in [0, 0.05) is 33.9 Å². The highest BCUT2D eigenvalue weighted by molar-refractivity contribution is 6.35.